The van der Waals surface area contributed by atoms with Gasteiger partial charge in [-0.05, 0) is 72.3 Å². The van der Waals surface area contributed by atoms with E-state index < -0.39 is 52.1 Å². The molecule has 0 aromatic carbocycles. The molecule has 1 aromatic heterocycles. The van der Waals surface area contributed by atoms with E-state index in [9.17, 15) is 19.8 Å². The lowest BCUT2D eigenvalue weighted by Gasteiger charge is -2.50. The van der Waals surface area contributed by atoms with E-state index in [1.807, 2.05) is 40.7 Å². The van der Waals surface area contributed by atoms with E-state index in [2.05, 4.69) is 81.5 Å². The Balaban J connectivity index is 2.32. The number of thiazole rings is 1. The van der Waals surface area contributed by atoms with Gasteiger partial charge < -0.3 is 20.3 Å². The maximum absolute atomic E-state index is 15.0. The number of ether oxygens (including phenoxy) is 1. The number of ketones is 1. The first-order valence-electron chi connectivity index (χ1n) is 20.3. The van der Waals surface area contributed by atoms with Crippen molar-refractivity contribution in [1.29, 1.82) is 0 Å². The van der Waals surface area contributed by atoms with Crippen molar-refractivity contribution in [1.82, 2.24) is 10.3 Å². The van der Waals surface area contributed by atoms with E-state index >= 15 is 0 Å². The number of amides is 1. The molecule has 3 N–H and O–H groups in total. The number of nitrogens with zero attached hydrogens (tertiary/aromatic N) is 1. The number of nitrogens with one attached hydrogen (secondary N) is 1. The van der Waals surface area contributed by atoms with Crippen LogP contribution in [0.5, 0.6) is 0 Å². The van der Waals surface area contributed by atoms with Gasteiger partial charge in [0.15, 0.2) is 0 Å². The molecule has 0 spiro atoms. The van der Waals surface area contributed by atoms with Crippen molar-refractivity contribution in [2.45, 2.75) is 172 Å². The number of hydrogen-bond acceptors (Lipinski definition) is 7. The van der Waals surface area contributed by atoms with Crippen molar-refractivity contribution in [3.05, 3.63) is 21.6 Å². The van der Waals surface area contributed by atoms with Crippen LogP contribution in [0.3, 0.4) is 0 Å². The van der Waals surface area contributed by atoms with Gasteiger partial charge in [0.2, 0.25) is 5.91 Å². The molecule has 0 radical (unpaired) electrons. The third kappa shape index (κ3) is 8.24. The first-order valence-corrected chi connectivity index (χ1v) is 20.7. The van der Waals surface area contributed by atoms with E-state index in [0.717, 1.165) is 17.0 Å². The summed E-state index contributed by atoms with van der Waals surface area (Å²) in [6.07, 6.45) is 1.36. The Kier molecular flexibility index (Phi) is 13.2. The average molecular weight is 732 g/mol. The molecule has 1 amide bonds. The van der Waals surface area contributed by atoms with Crippen molar-refractivity contribution in [2.24, 2.45) is 58.2 Å². The number of carbonyl (C=O) groups is 2. The molecule has 0 saturated carbocycles. The summed E-state index contributed by atoms with van der Waals surface area (Å²) in [4.78, 5) is 34.4. The predicted molar refractivity (Wildman–Crippen MR) is 211 cm³/mol. The monoisotopic (exact) mass is 732 g/mol. The zero-order valence-electron chi connectivity index (χ0n) is 36.1. The summed E-state index contributed by atoms with van der Waals surface area (Å²) >= 11 is 1.39. The molecule has 2 fully saturated rings. The zero-order chi connectivity index (χ0) is 40.0. The van der Waals surface area contributed by atoms with Crippen molar-refractivity contribution < 1.29 is 25.9 Å². The molecule has 2 aliphatic heterocycles. The minimum Gasteiger partial charge on any atom is -0.392 e. The van der Waals surface area contributed by atoms with Gasteiger partial charge in [-0.15, -0.1) is 11.3 Å². The summed E-state index contributed by atoms with van der Waals surface area (Å²) in [5, 5.41) is 29.2. The highest BCUT2D eigenvalue weighted by Crippen LogP contribution is 2.60. The number of hydrogen-bond donors (Lipinski definition) is 3. The summed E-state index contributed by atoms with van der Waals surface area (Å²) in [6.45, 7) is 34.9. The topological polar surface area (TPSA) is 112 Å². The third-order valence-corrected chi connectivity index (χ3v) is 14.5. The molecule has 7 nitrogen and oxygen atoms in total. The van der Waals surface area contributed by atoms with E-state index in [-0.39, 0.29) is 53.1 Å². The van der Waals surface area contributed by atoms with Gasteiger partial charge in [0.25, 0.3) is 0 Å². The van der Waals surface area contributed by atoms with Crippen LogP contribution < -0.4 is 5.32 Å². The van der Waals surface area contributed by atoms with Crippen LogP contribution in [0.1, 0.15) is 155 Å². The number of fused-ring (bicyclic) bond motifs is 1. The third-order valence-electron chi connectivity index (χ3n) is 13.4. The van der Waals surface area contributed by atoms with Crippen LogP contribution in [0.4, 0.5) is 0 Å². The molecule has 0 bridgehead atoms. The van der Waals surface area contributed by atoms with E-state index in [4.69, 9.17) is 11.1 Å². The normalized spacial score (nSPS) is 38.3. The molecule has 3 heterocycles. The summed E-state index contributed by atoms with van der Waals surface area (Å²) in [7, 11) is 0. The highest BCUT2D eigenvalue weighted by Gasteiger charge is 2.69. The lowest BCUT2D eigenvalue weighted by atomic mass is 9.54. The number of aromatic nitrogens is 1. The molecule has 11 atom stereocenters. The van der Waals surface area contributed by atoms with E-state index in [1.165, 1.54) is 11.3 Å². The quantitative estimate of drug-likeness (QED) is 0.241. The second-order valence-electron chi connectivity index (χ2n) is 18.9. The average Bonchev–Trinajstić information content (AvgIpc) is 3.43. The van der Waals surface area contributed by atoms with Crippen molar-refractivity contribution in [3.8, 4) is 0 Å². The van der Waals surface area contributed by atoms with Crippen molar-refractivity contribution in [3.63, 3.8) is 0 Å². The fourth-order valence-corrected chi connectivity index (χ4v) is 10.5. The molecule has 2 saturated heterocycles. The molecule has 0 aliphatic carbocycles. The second kappa shape index (κ2) is 16.0. The highest BCUT2D eigenvalue weighted by molar-refractivity contribution is 7.09. The Morgan fingerprint density at radius 1 is 1.06 bits per heavy atom. The van der Waals surface area contributed by atoms with Gasteiger partial charge in [0.1, 0.15) is 11.4 Å². The minimum atomic E-state index is -1.30. The molecular formula is C43H74N2O5S. The molecular weight excluding hydrogens is 657 g/mol. The molecule has 292 valence electrons. The molecule has 8 heteroatoms. The highest BCUT2D eigenvalue weighted by atomic mass is 32.1. The number of carbonyl (C=O) groups excluding carboxylic acids is 2. The summed E-state index contributed by atoms with van der Waals surface area (Å²) in [5.41, 5.74) is -1.49. The van der Waals surface area contributed by atoms with Crippen LogP contribution in [-0.4, -0.2) is 56.3 Å². The van der Waals surface area contributed by atoms with Crippen molar-refractivity contribution >= 4 is 29.1 Å². The number of rotatable bonds is 7. The number of aliphatic hydroxyl groups is 2. The maximum Gasteiger partial charge on any atom is 0.225 e. The fraction of sp³-hybridized carbons (Fsp3) is 0.837. The van der Waals surface area contributed by atoms with Crippen molar-refractivity contribution in [2.75, 3.05) is 0 Å². The smallest absolute Gasteiger partial charge is 0.225 e. The first-order chi connectivity index (χ1) is 23.7. The SMILES string of the molecule is [2H]c1sc(C(C)C)nc1/C=C(\C(C)C)[C@@H]1C[C@]2(C)O[C@]2(C(C)C)CC(C)C(C)[C@H](C(C)C)[C@H](O)[C@@H](C)C(=O)C(CC)(C(C)(C)C)[C@@H](O)C(C)C(=O)N1. The van der Waals surface area contributed by atoms with Crippen LogP contribution in [0.15, 0.2) is 10.9 Å². The van der Waals surface area contributed by atoms with Crippen LogP contribution in [-0.2, 0) is 14.3 Å². The van der Waals surface area contributed by atoms with Gasteiger partial charge in [-0.2, -0.15) is 0 Å². The Bertz CT molecular complexity index is 1450. The first kappa shape index (κ1) is 42.1. The van der Waals surface area contributed by atoms with Crippen LogP contribution >= 0.6 is 11.3 Å². The van der Waals surface area contributed by atoms with Crippen LogP contribution in [0.2, 0.25) is 0 Å². The Hall–Kier alpha value is -1.61. The standard InChI is InChI=1S/C43H74N2O5S/c1-18-42(40(14,15)16)36(47)29(12)35(46)34(24(4)5)28(11)27(10)20-43(26(8)9)41(17,50-43)21-33(45-38(49)30(13)37(42)48)32(23(2)3)19-31-22-51-39(44-31)25(6)7/h19,22-30,33-35,37,46,48H,18,20-21H2,1-17H3,(H,45,49)/b32-19+/t27?,28?,29-,30?,33+,34+,35-,37+,41+,42?,43+/m1/s1/i22D. The van der Waals surface area contributed by atoms with Gasteiger partial charge in [0.05, 0.1) is 47.3 Å². The maximum atomic E-state index is 15.0. The molecule has 1 aromatic rings. The zero-order valence-corrected chi connectivity index (χ0v) is 35.9. The lowest BCUT2D eigenvalue weighted by molar-refractivity contribution is -0.164. The van der Waals surface area contributed by atoms with Gasteiger partial charge in [-0.3, -0.25) is 9.59 Å². The largest absolute Gasteiger partial charge is 0.392 e. The summed E-state index contributed by atoms with van der Waals surface area (Å²) in [5.74, 6) is -1.65. The molecule has 4 unspecified atom stereocenters. The fourth-order valence-electron chi connectivity index (χ4n) is 9.86. The van der Waals surface area contributed by atoms with Gasteiger partial charge in [-0.1, -0.05) is 111 Å². The lowest BCUT2D eigenvalue weighted by Crippen LogP contribution is -2.59. The summed E-state index contributed by atoms with van der Waals surface area (Å²) in [6, 6.07) is -0.470. The predicted octanol–water partition coefficient (Wildman–Crippen LogP) is 9.32. The van der Waals surface area contributed by atoms with Gasteiger partial charge >= 0.3 is 0 Å². The number of Topliss-reactive ketones (excluding diaryl/α,β-unsaturated/α-hetero) is 1. The minimum absolute atomic E-state index is 0.00879. The Labute approximate surface area is 316 Å². The molecule has 51 heavy (non-hydrogen) atoms. The van der Waals surface area contributed by atoms with Crippen LogP contribution in [0, 0.1) is 58.2 Å². The van der Waals surface area contributed by atoms with E-state index in [1.54, 1.807) is 6.92 Å². The second-order valence-corrected chi connectivity index (χ2v) is 19.8. The molecule has 3 rings (SSSR count). The van der Waals surface area contributed by atoms with Gasteiger partial charge in [-0.25, -0.2) is 4.98 Å². The van der Waals surface area contributed by atoms with Gasteiger partial charge in [0, 0.05) is 23.6 Å². The van der Waals surface area contributed by atoms with Crippen LogP contribution in [0.25, 0.3) is 6.08 Å². The number of aliphatic hydroxyl groups excluding tert-OH is 2. The van der Waals surface area contributed by atoms with E-state index in [0.29, 0.717) is 23.9 Å². The number of epoxide rings is 1. The Morgan fingerprint density at radius 2 is 1.65 bits per heavy atom. The summed E-state index contributed by atoms with van der Waals surface area (Å²) < 4.78 is 15.7. The molecule has 2 aliphatic rings. The Morgan fingerprint density at radius 3 is 2.10 bits per heavy atom.